The Labute approximate surface area is 170 Å². The van der Waals surface area contributed by atoms with Crippen LogP contribution in [0.15, 0.2) is 42.6 Å². The normalized spacial score (nSPS) is 12.4. The van der Waals surface area contributed by atoms with E-state index in [0.717, 1.165) is 12.1 Å². The molecule has 30 heavy (non-hydrogen) atoms. The number of hydrogen-bond donors (Lipinski definition) is 2. The highest BCUT2D eigenvalue weighted by Crippen LogP contribution is 2.20. The van der Waals surface area contributed by atoms with Gasteiger partial charge in [-0.25, -0.2) is 9.37 Å². The number of carbonyl (C=O) groups excluding carboxylic acids is 2. The Morgan fingerprint density at radius 2 is 1.80 bits per heavy atom. The topological polar surface area (TPSA) is 80.3 Å². The molecule has 2 amide bonds. The van der Waals surface area contributed by atoms with Gasteiger partial charge in [-0.1, -0.05) is 19.9 Å². The van der Waals surface area contributed by atoms with E-state index in [9.17, 15) is 27.2 Å². The van der Waals surface area contributed by atoms with Gasteiger partial charge in [0.2, 0.25) is 11.8 Å². The van der Waals surface area contributed by atoms with Gasteiger partial charge in [-0.15, -0.1) is 0 Å². The molecule has 1 aromatic carbocycles. The first-order valence-corrected chi connectivity index (χ1v) is 9.04. The molecule has 0 spiro atoms. The summed E-state index contributed by atoms with van der Waals surface area (Å²) in [5.41, 5.74) is 0.437. The number of ether oxygens (including phenoxy) is 1. The van der Waals surface area contributed by atoms with E-state index < -0.39 is 36.5 Å². The fraction of sp³-hybridized carbons (Fsp3) is 0.350. The quantitative estimate of drug-likeness (QED) is 0.634. The summed E-state index contributed by atoms with van der Waals surface area (Å²) in [4.78, 5) is 28.7. The molecular weight excluding hydrogens is 406 g/mol. The summed E-state index contributed by atoms with van der Waals surface area (Å²) in [6.45, 7) is 1.79. The standard InChI is InChI=1S/C20H21F4N3O3/c1-12(2)16(27-17(28)13-5-7-15(21)8-6-13)18(29)26-10-14-4-3-9-25-19(14)30-11-20(22,23)24/h3-9,12,16H,10-11H2,1-2H3,(H,26,29)(H,27,28). The molecule has 2 N–H and O–H groups in total. The lowest BCUT2D eigenvalue weighted by atomic mass is 10.0. The number of nitrogens with one attached hydrogen (secondary N) is 2. The second-order valence-electron chi connectivity index (χ2n) is 6.79. The van der Waals surface area contributed by atoms with Crippen molar-refractivity contribution in [2.75, 3.05) is 6.61 Å². The average molecular weight is 427 g/mol. The number of nitrogens with zero attached hydrogens (tertiary/aromatic N) is 1. The highest BCUT2D eigenvalue weighted by atomic mass is 19.4. The van der Waals surface area contributed by atoms with Gasteiger partial charge in [-0.3, -0.25) is 9.59 Å². The molecule has 1 heterocycles. The highest BCUT2D eigenvalue weighted by Gasteiger charge is 2.29. The molecule has 162 valence electrons. The Hall–Kier alpha value is -3.17. The Morgan fingerprint density at radius 3 is 2.40 bits per heavy atom. The molecule has 2 aromatic rings. The van der Waals surface area contributed by atoms with Crippen molar-refractivity contribution in [3.63, 3.8) is 0 Å². The van der Waals surface area contributed by atoms with Crippen molar-refractivity contribution in [3.8, 4) is 5.88 Å². The van der Waals surface area contributed by atoms with E-state index in [1.54, 1.807) is 13.8 Å². The number of hydrogen-bond acceptors (Lipinski definition) is 4. The molecule has 6 nitrogen and oxygen atoms in total. The molecule has 1 atom stereocenters. The summed E-state index contributed by atoms with van der Waals surface area (Å²) in [7, 11) is 0. The van der Waals surface area contributed by atoms with Crippen molar-refractivity contribution in [2.45, 2.75) is 32.6 Å². The number of carbonyl (C=O) groups is 2. The van der Waals surface area contributed by atoms with Crippen LogP contribution in [0.3, 0.4) is 0 Å². The third kappa shape index (κ3) is 7.02. The summed E-state index contributed by atoms with van der Waals surface area (Å²) in [5, 5.41) is 5.15. The maximum Gasteiger partial charge on any atom is 0.422 e. The van der Waals surface area contributed by atoms with Crippen LogP contribution in [0.1, 0.15) is 29.8 Å². The predicted molar refractivity (Wildman–Crippen MR) is 100 cm³/mol. The molecule has 0 saturated heterocycles. The van der Waals surface area contributed by atoms with Crippen molar-refractivity contribution in [2.24, 2.45) is 5.92 Å². The number of benzene rings is 1. The first kappa shape index (κ1) is 23.1. The Balaban J connectivity index is 2.02. The van der Waals surface area contributed by atoms with Gasteiger partial charge in [0.1, 0.15) is 11.9 Å². The van der Waals surface area contributed by atoms with Crippen LogP contribution in [0.2, 0.25) is 0 Å². The largest absolute Gasteiger partial charge is 0.468 e. The van der Waals surface area contributed by atoms with E-state index in [1.165, 1.54) is 30.5 Å². The second-order valence-corrected chi connectivity index (χ2v) is 6.79. The lowest BCUT2D eigenvalue weighted by molar-refractivity contribution is -0.154. The highest BCUT2D eigenvalue weighted by molar-refractivity contribution is 5.97. The average Bonchev–Trinajstić information content (AvgIpc) is 2.68. The van der Waals surface area contributed by atoms with Crippen LogP contribution in [0, 0.1) is 11.7 Å². The first-order valence-electron chi connectivity index (χ1n) is 9.04. The van der Waals surface area contributed by atoms with E-state index in [0.29, 0.717) is 0 Å². The van der Waals surface area contributed by atoms with Crippen LogP contribution in [0.5, 0.6) is 5.88 Å². The summed E-state index contributed by atoms with van der Waals surface area (Å²) < 4.78 is 54.8. The minimum atomic E-state index is -4.52. The number of rotatable bonds is 8. The van der Waals surface area contributed by atoms with Gasteiger partial charge in [-0.05, 0) is 36.2 Å². The molecule has 0 saturated carbocycles. The van der Waals surface area contributed by atoms with Gasteiger partial charge in [0.25, 0.3) is 5.91 Å². The fourth-order valence-corrected chi connectivity index (χ4v) is 2.49. The van der Waals surface area contributed by atoms with Crippen LogP contribution in [-0.2, 0) is 11.3 Å². The van der Waals surface area contributed by atoms with Gasteiger partial charge in [0.05, 0.1) is 0 Å². The van der Waals surface area contributed by atoms with Crippen molar-refractivity contribution in [3.05, 3.63) is 59.5 Å². The fourth-order valence-electron chi connectivity index (χ4n) is 2.49. The van der Waals surface area contributed by atoms with Crippen molar-refractivity contribution < 1.29 is 31.9 Å². The van der Waals surface area contributed by atoms with Gasteiger partial charge < -0.3 is 15.4 Å². The third-order valence-electron chi connectivity index (χ3n) is 4.02. The van der Waals surface area contributed by atoms with E-state index in [2.05, 4.69) is 20.4 Å². The van der Waals surface area contributed by atoms with Crippen molar-refractivity contribution in [1.29, 1.82) is 0 Å². The lowest BCUT2D eigenvalue weighted by Gasteiger charge is -2.22. The molecule has 10 heteroatoms. The minimum absolute atomic E-state index is 0.143. The summed E-state index contributed by atoms with van der Waals surface area (Å²) in [6.07, 6.45) is -3.25. The number of aromatic nitrogens is 1. The van der Waals surface area contributed by atoms with Crippen LogP contribution < -0.4 is 15.4 Å². The maximum atomic E-state index is 13.0. The molecule has 0 aliphatic carbocycles. The second kappa shape index (κ2) is 10.0. The van der Waals surface area contributed by atoms with Gasteiger partial charge >= 0.3 is 6.18 Å². The molecule has 1 aromatic heterocycles. The van der Waals surface area contributed by atoms with Crippen LogP contribution >= 0.6 is 0 Å². The van der Waals surface area contributed by atoms with Crippen molar-refractivity contribution in [1.82, 2.24) is 15.6 Å². The smallest absolute Gasteiger partial charge is 0.422 e. The van der Waals surface area contributed by atoms with Crippen LogP contribution in [0.25, 0.3) is 0 Å². The predicted octanol–water partition coefficient (Wildman–Crippen LogP) is 3.23. The number of halogens is 4. The number of alkyl halides is 3. The monoisotopic (exact) mass is 427 g/mol. The van der Waals surface area contributed by atoms with Crippen molar-refractivity contribution >= 4 is 11.8 Å². The Morgan fingerprint density at radius 1 is 1.13 bits per heavy atom. The van der Waals surface area contributed by atoms with E-state index in [1.807, 2.05) is 0 Å². The van der Waals surface area contributed by atoms with Gasteiger partial charge in [0, 0.05) is 23.9 Å². The van der Waals surface area contributed by atoms with E-state index in [-0.39, 0.29) is 29.5 Å². The molecule has 0 aliphatic rings. The lowest BCUT2D eigenvalue weighted by Crippen LogP contribution is -2.49. The Bertz CT molecular complexity index is 870. The molecule has 0 bridgehead atoms. The number of amides is 2. The molecule has 0 fully saturated rings. The van der Waals surface area contributed by atoms with E-state index in [4.69, 9.17) is 0 Å². The zero-order valence-corrected chi connectivity index (χ0v) is 16.3. The maximum absolute atomic E-state index is 13.0. The van der Waals surface area contributed by atoms with Crippen LogP contribution in [0.4, 0.5) is 17.6 Å². The zero-order valence-electron chi connectivity index (χ0n) is 16.3. The summed E-state index contributed by atoms with van der Waals surface area (Å²) in [5.74, 6) is -2.12. The van der Waals surface area contributed by atoms with Crippen LogP contribution in [-0.4, -0.2) is 35.6 Å². The minimum Gasteiger partial charge on any atom is -0.468 e. The van der Waals surface area contributed by atoms with E-state index >= 15 is 0 Å². The molecule has 1 unspecified atom stereocenters. The van der Waals surface area contributed by atoms with Gasteiger partial charge in [0.15, 0.2) is 6.61 Å². The first-order chi connectivity index (χ1) is 14.1. The SMILES string of the molecule is CC(C)C(NC(=O)c1ccc(F)cc1)C(=O)NCc1cccnc1OCC(F)(F)F. The number of pyridine rings is 1. The Kier molecular flexibility index (Phi) is 7.73. The van der Waals surface area contributed by atoms with Gasteiger partial charge in [-0.2, -0.15) is 13.2 Å². The molecule has 0 aliphatic heterocycles. The molecule has 2 rings (SSSR count). The third-order valence-corrected chi connectivity index (χ3v) is 4.02. The summed E-state index contributed by atoms with van der Waals surface area (Å²) >= 11 is 0. The zero-order chi connectivity index (χ0) is 22.3. The summed E-state index contributed by atoms with van der Waals surface area (Å²) in [6, 6.07) is 6.89. The molecular formula is C20H21F4N3O3. The molecule has 0 radical (unpaired) electrons.